The van der Waals surface area contributed by atoms with Gasteiger partial charge in [-0.1, -0.05) is 54.2 Å². The van der Waals surface area contributed by atoms with Crippen LogP contribution in [0.3, 0.4) is 0 Å². The minimum Gasteiger partial charge on any atom is -0.495 e. The van der Waals surface area contributed by atoms with Crippen molar-refractivity contribution in [3.8, 4) is 0 Å². The van der Waals surface area contributed by atoms with Gasteiger partial charge in [-0.05, 0) is 42.9 Å². The van der Waals surface area contributed by atoms with E-state index in [9.17, 15) is 18.3 Å². The van der Waals surface area contributed by atoms with Crippen LogP contribution >= 0.6 is 27.3 Å². The molecule has 11 heteroatoms. The summed E-state index contributed by atoms with van der Waals surface area (Å²) in [5, 5.41) is 10.4. The van der Waals surface area contributed by atoms with Crippen molar-refractivity contribution in [2.45, 2.75) is 56.2 Å². The Morgan fingerprint density at radius 3 is 2.63 bits per heavy atom. The Balaban J connectivity index is 0.00000432. The Kier molecular flexibility index (Phi) is 12.8. The van der Waals surface area contributed by atoms with Crippen LogP contribution in [0.1, 0.15) is 58.8 Å². The number of sulfonamides is 1. The molecule has 2 aromatic rings. The van der Waals surface area contributed by atoms with Gasteiger partial charge in [-0.3, -0.25) is 4.31 Å². The second-order valence-electron chi connectivity index (χ2n) is 8.18. The number of halogens is 1. The average molecular weight is 662 g/mol. The molecule has 35 heavy (non-hydrogen) atoms. The smallest absolute Gasteiger partial charge is 0.345 e. The summed E-state index contributed by atoms with van der Waals surface area (Å²) >= 11 is 4.79. The van der Waals surface area contributed by atoms with E-state index in [1.165, 1.54) is 15.6 Å². The van der Waals surface area contributed by atoms with Gasteiger partial charge in [-0.25, -0.2) is 13.2 Å². The number of hydrogen-bond donors (Lipinski definition) is 1. The molecule has 191 valence electrons. The second-order valence-corrected chi connectivity index (χ2v) is 12.4. The van der Waals surface area contributed by atoms with Crippen molar-refractivity contribution in [2.75, 3.05) is 23.3 Å². The van der Waals surface area contributed by atoms with E-state index in [2.05, 4.69) is 29.8 Å². The van der Waals surface area contributed by atoms with Crippen LogP contribution in [0.4, 0.5) is 5.69 Å². The largest absolute Gasteiger partial charge is 0.495 e. The topological polar surface area (TPSA) is 93.1 Å². The molecule has 3 atom stereocenters. The van der Waals surface area contributed by atoms with Gasteiger partial charge in [0.15, 0.2) is 0 Å². The summed E-state index contributed by atoms with van der Waals surface area (Å²) in [4.78, 5) is 12.8. The molecule has 1 fully saturated rings. The number of carbonyl (C=O) groups is 1. The van der Waals surface area contributed by atoms with Gasteiger partial charge < -0.3 is 21.5 Å². The Morgan fingerprint density at radius 2 is 1.97 bits per heavy atom. The monoisotopic (exact) mass is 661 g/mol. The SMILES string of the molecule is [CH2-]COC(=O)c1ccc(COCC2C(Br)CS(=O)(=O)N2c2ccc(C(O)CCCCC)cc2)s1.[Y]. The number of ether oxygens (including phenoxy) is 2. The first-order valence-electron chi connectivity index (χ1n) is 11.3. The van der Waals surface area contributed by atoms with Crippen LogP contribution in [0.25, 0.3) is 0 Å². The van der Waals surface area contributed by atoms with Gasteiger partial charge in [0, 0.05) is 37.6 Å². The van der Waals surface area contributed by atoms with Crippen LogP contribution < -0.4 is 4.31 Å². The molecular formula is C24H31BrNO6S2Y-. The number of rotatable bonds is 12. The van der Waals surface area contributed by atoms with Crippen molar-refractivity contribution in [1.82, 2.24) is 0 Å². The standard InChI is InChI=1S/C24H31BrNO6S2.Y/c1-3-5-6-7-22(27)17-8-10-18(11-9-17)26-21(20(25)16-34(26,29)30)15-31-14-19-12-13-23(33-19)24(28)32-4-2;/h8-13,20-22,27H,2-7,14-16H2,1H3;/q-1;. The fourth-order valence-electron chi connectivity index (χ4n) is 3.88. The molecule has 1 aliphatic rings. The number of anilines is 1. The van der Waals surface area contributed by atoms with E-state index in [4.69, 9.17) is 9.47 Å². The minimum absolute atomic E-state index is 0. The number of alkyl halides is 1. The van der Waals surface area contributed by atoms with E-state index in [0.717, 1.165) is 29.7 Å². The van der Waals surface area contributed by atoms with Gasteiger partial charge in [0.25, 0.3) is 0 Å². The van der Waals surface area contributed by atoms with E-state index in [1.54, 1.807) is 36.4 Å². The third kappa shape index (κ3) is 8.32. The molecule has 3 unspecified atom stereocenters. The third-order valence-corrected chi connectivity index (χ3v) is 9.89. The van der Waals surface area contributed by atoms with Crippen LogP contribution in [-0.4, -0.2) is 49.3 Å². The normalized spacial score (nSPS) is 19.8. The number of carbonyl (C=O) groups excluding carboxylic acids is 1. The maximum atomic E-state index is 12.9. The first-order chi connectivity index (χ1) is 16.3. The Bertz CT molecular complexity index is 1050. The van der Waals surface area contributed by atoms with Crippen molar-refractivity contribution in [3.05, 3.63) is 58.6 Å². The molecular weight excluding hydrogens is 631 g/mol. The molecule has 0 aliphatic carbocycles. The van der Waals surface area contributed by atoms with Gasteiger partial charge in [-0.2, -0.15) is 0 Å². The minimum atomic E-state index is -3.52. The zero-order valence-electron chi connectivity index (χ0n) is 19.8. The number of unbranched alkanes of at least 4 members (excludes halogenated alkanes) is 2. The van der Waals surface area contributed by atoms with Gasteiger partial charge >= 0.3 is 5.97 Å². The van der Waals surface area contributed by atoms with Crippen molar-refractivity contribution >= 4 is 48.9 Å². The van der Waals surface area contributed by atoms with Crippen LogP contribution in [0, 0.1) is 6.92 Å². The number of benzene rings is 1. The molecule has 2 heterocycles. The summed E-state index contributed by atoms with van der Waals surface area (Å²) in [7, 11) is -3.52. The van der Waals surface area contributed by atoms with Crippen LogP contribution in [-0.2, 0) is 58.8 Å². The molecule has 1 aromatic carbocycles. The predicted octanol–water partition coefficient (Wildman–Crippen LogP) is 4.85. The fraction of sp³-hybridized carbons (Fsp3) is 0.500. The van der Waals surface area contributed by atoms with Crippen molar-refractivity contribution in [3.63, 3.8) is 0 Å². The van der Waals surface area contributed by atoms with Crippen LogP contribution in [0.2, 0.25) is 0 Å². The molecule has 1 saturated heterocycles. The summed E-state index contributed by atoms with van der Waals surface area (Å²) in [6.07, 6.45) is 3.25. The summed E-state index contributed by atoms with van der Waals surface area (Å²) in [5.74, 6) is -0.443. The molecule has 7 nitrogen and oxygen atoms in total. The molecule has 1 radical (unpaired) electrons. The molecule has 1 aromatic heterocycles. The first kappa shape index (κ1) is 30.9. The molecule has 0 spiro atoms. The quantitative estimate of drug-likeness (QED) is 0.151. The molecule has 0 amide bonds. The maximum absolute atomic E-state index is 12.9. The van der Waals surface area contributed by atoms with E-state index in [0.29, 0.717) is 17.0 Å². The van der Waals surface area contributed by atoms with Gasteiger partial charge in [0.05, 0.1) is 41.6 Å². The fourth-order valence-corrected chi connectivity index (χ4v) is 8.11. The zero-order valence-corrected chi connectivity index (χ0v) is 25.8. The number of nitrogens with zero attached hydrogens (tertiary/aromatic N) is 1. The number of thiophene rings is 1. The van der Waals surface area contributed by atoms with Crippen molar-refractivity contribution in [1.29, 1.82) is 0 Å². The van der Waals surface area contributed by atoms with E-state index >= 15 is 0 Å². The van der Waals surface area contributed by atoms with E-state index in [-0.39, 0.29) is 63.1 Å². The summed E-state index contributed by atoms with van der Waals surface area (Å²) in [6, 6.07) is 10.1. The molecule has 1 N–H and O–H groups in total. The first-order valence-corrected chi connectivity index (χ1v) is 14.7. The van der Waals surface area contributed by atoms with E-state index in [1.807, 2.05) is 0 Å². The predicted molar refractivity (Wildman–Crippen MR) is 138 cm³/mol. The average Bonchev–Trinajstić information content (AvgIpc) is 3.36. The van der Waals surface area contributed by atoms with Crippen LogP contribution in [0.15, 0.2) is 36.4 Å². The molecule has 0 saturated carbocycles. The zero-order chi connectivity index (χ0) is 24.7. The molecule has 1 aliphatic heterocycles. The van der Waals surface area contributed by atoms with Gasteiger partial charge in [0.1, 0.15) is 4.88 Å². The van der Waals surface area contributed by atoms with Crippen molar-refractivity contribution in [2.24, 2.45) is 0 Å². The van der Waals surface area contributed by atoms with Crippen LogP contribution in [0.5, 0.6) is 0 Å². The summed E-state index contributed by atoms with van der Waals surface area (Å²) < 4.78 is 37.9. The Labute approximate surface area is 245 Å². The van der Waals surface area contributed by atoms with Crippen molar-refractivity contribution < 1.29 is 60.5 Å². The Hall–Kier alpha value is -0.356. The number of hydrogen-bond acceptors (Lipinski definition) is 7. The second kappa shape index (κ2) is 14.5. The third-order valence-electron chi connectivity index (χ3n) is 5.63. The number of aliphatic hydroxyl groups is 1. The van der Waals surface area contributed by atoms with Gasteiger partial charge in [-0.15, -0.1) is 11.3 Å². The Morgan fingerprint density at radius 1 is 1.26 bits per heavy atom. The summed E-state index contributed by atoms with van der Waals surface area (Å²) in [5.41, 5.74) is 1.33. The van der Waals surface area contributed by atoms with Gasteiger partial charge in [0.2, 0.25) is 10.0 Å². The molecule has 0 bridgehead atoms. The maximum Gasteiger partial charge on any atom is 0.345 e. The number of esters is 1. The van der Waals surface area contributed by atoms with E-state index < -0.39 is 28.1 Å². The number of aliphatic hydroxyl groups excluding tert-OH is 1. The summed E-state index contributed by atoms with van der Waals surface area (Å²) in [6.45, 7) is 6.13. The molecule has 3 rings (SSSR count).